The normalized spacial score (nSPS) is 18.5. The number of Topliss-reactive ketones (excluding diaryl/α,β-unsaturated/α-hetero) is 1. The molecule has 1 aliphatic carbocycles. The van der Waals surface area contributed by atoms with Gasteiger partial charge in [-0.3, -0.25) is 4.79 Å². The van der Waals surface area contributed by atoms with Crippen molar-refractivity contribution in [2.75, 3.05) is 0 Å². The second-order valence-corrected chi connectivity index (χ2v) is 9.40. The molecule has 2 aliphatic rings. The standard InChI is InChI=1S/C25H23ClN2O2S/c1-14-10-15(2)19(11-16(14)13-31-18-8-6-17(26)7-9-18)23-20(12-27)25(28)30-22-5-3-4-21(29)24(22)23/h6-11,23H,3-5,13,28H2,1-2H3. The van der Waals surface area contributed by atoms with Crippen molar-refractivity contribution in [3.8, 4) is 6.07 Å². The van der Waals surface area contributed by atoms with Gasteiger partial charge in [-0.05, 0) is 66.8 Å². The zero-order valence-corrected chi connectivity index (χ0v) is 19.1. The van der Waals surface area contributed by atoms with E-state index in [1.165, 1.54) is 5.56 Å². The second-order valence-electron chi connectivity index (χ2n) is 7.92. The highest BCUT2D eigenvalue weighted by atomic mass is 35.5. The lowest BCUT2D eigenvalue weighted by molar-refractivity contribution is -0.116. The van der Waals surface area contributed by atoms with Gasteiger partial charge < -0.3 is 10.5 Å². The van der Waals surface area contributed by atoms with Crippen LogP contribution in [0.15, 0.2) is 64.1 Å². The molecule has 0 saturated heterocycles. The minimum atomic E-state index is -0.471. The van der Waals surface area contributed by atoms with Crippen LogP contribution in [0, 0.1) is 25.2 Å². The highest BCUT2D eigenvalue weighted by Gasteiger charge is 2.38. The zero-order valence-electron chi connectivity index (χ0n) is 17.5. The Labute approximate surface area is 191 Å². The number of nitrogens with two attached hydrogens (primary N) is 1. The van der Waals surface area contributed by atoms with Crippen molar-refractivity contribution in [1.82, 2.24) is 0 Å². The maximum atomic E-state index is 12.9. The third-order valence-electron chi connectivity index (χ3n) is 5.85. The van der Waals surface area contributed by atoms with E-state index in [0.29, 0.717) is 34.8 Å². The van der Waals surface area contributed by atoms with Crippen LogP contribution in [0.25, 0.3) is 0 Å². The number of ketones is 1. The van der Waals surface area contributed by atoms with Crippen molar-refractivity contribution >= 4 is 29.1 Å². The largest absolute Gasteiger partial charge is 0.444 e. The molecule has 0 radical (unpaired) electrons. The number of halogens is 1. The van der Waals surface area contributed by atoms with E-state index >= 15 is 0 Å². The van der Waals surface area contributed by atoms with E-state index in [1.54, 1.807) is 11.8 Å². The minimum absolute atomic E-state index is 0.0450. The molecule has 4 rings (SSSR count). The summed E-state index contributed by atoms with van der Waals surface area (Å²) in [6.45, 7) is 4.11. The Kier molecular flexibility index (Phi) is 6.13. The van der Waals surface area contributed by atoms with Crippen molar-refractivity contribution in [2.45, 2.75) is 49.7 Å². The van der Waals surface area contributed by atoms with Crippen LogP contribution in [0.3, 0.4) is 0 Å². The lowest BCUT2D eigenvalue weighted by Crippen LogP contribution is -2.27. The predicted molar refractivity (Wildman–Crippen MR) is 123 cm³/mol. The van der Waals surface area contributed by atoms with Crippen LogP contribution in [-0.4, -0.2) is 5.78 Å². The average Bonchev–Trinajstić information content (AvgIpc) is 2.74. The van der Waals surface area contributed by atoms with Crippen LogP contribution in [0.1, 0.15) is 47.4 Å². The molecular formula is C25H23ClN2O2S. The first-order valence-electron chi connectivity index (χ1n) is 10.2. The number of thioether (sulfide) groups is 1. The quantitative estimate of drug-likeness (QED) is 0.572. The van der Waals surface area contributed by atoms with Crippen molar-refractivity contribution < 1.29 is 9.53 Å². The Bertz CT molecular complexity index is 1160. The zero-order chi connectivity index (χ0) is 22.1. The number of aryl methyl sites for hydroxylation is 2. The van der Waals surface area contributed by atoms with Gasteiger partial charge in [0.05, 0.1) is 5.92 Å². The van der Waals surface area contributed by atoms with Crippen LogP contribution in [-0.2, 0) is 15.3 Å². The van der Waals surface area contributed by atoms with Crippen molar-refractivity contribution in [3.63, 3.8) is 0 Å². The number of rotatable bonds is 4. The van der Waals surface area contributed by atoms with E-state index < -0.39 is 5.92 Å². The fourth-order valence-electron chi connectivity index (χ4n) is 4.24. The molecule has 0 aromatic heterocycles. The lowest BCUT2D eigenvalue weighted by Gasteiger charge is -2.32. The van der Waals surface area contributed by atoms with Crippen LogP contribution in [0.2, 0.25) is 5.02 Å². The van der Waals surface area contributed by atoms with Gasteiger partial charge in [0.2, 0.25) is 5.88 Å². The Balaban J connectivity index is 1.75. The van der Waals surface area contributed by atoms with Crippen LogP contribution < -0.4 is 5.73 Å². The molecule has 2 aromatic rings. The molecule has 1 atom stereocenters. The highest BCUT2D eigenvalue weighted by molar-refractivity contribution is 7.98. The molecular weight excluding hydrogens is 428 g/mol. The Morgan fingerprint density at radius 1 is 1.19 bits per heavy atom. The number of hydrogen-bond acceptors (Lipinski definition) is 5. The predicted octanol–water partition coefficient (Wildman–Crippen LogP) is 6.06. The maximum absolute atomic E-state index is 12.9. The smallest absolute Gasteiger partial charge is 0.205 e. The van der Waals surface area contributed by atoms with E-state index in [9.17, 15) is 10.1 Å². The monoisotopic (exact) mass is 450 g/mol. The number of ether oxygens (including phenoxy) is 1. The number of nitrogens with zero attached hydrogens (tertiary/aromatic N) is 1. The molecule has 1 heterocycles. The molecule has 0 fully saturated rings. The van der Waals surface area contributed by atoms with E-state index in [2.05, 4.69) is 25.1 Å². The van der Waals surface area contributed by atoms with Crippen molar-refractivity contribution in [3.05, 3.63) is 86.5 Å². The lowest BCUT2D eigenvalue weighted by atomic mass is 9.76. The van der Waals surface area contributed by atoms with Gasteiger partial charge in [0.1, 0.15) is 17.4 Å². The van der Waals surface area contributed by atoms with E-state index in [4.69, 9.17) is 22.1 Å². The Morgan fingerprint density at radius 2 is 1.94 bits per heavy atom. The summed E-state index contributed by atoms with van der Waals surface area (Å²) in [6.07, 6.45) is 1.89. The fourth-order valence-corrected chi connectivity index (χ4v) is 5.33. The van der Waals surface area contributed by atoms with Gasteiger partial charge in [-0.2, -0.15) is 5.26 Å². The topological polar surface area (TPSA) is 76.1 Å². The van der Waals surface area contributed by atoms with Gasteiger partial charge in [-0.15, -0.1) is 11.8 Å². The maximum Gasteiger partial charge on any atom is 0.205 e. The number of benzene rings is 2. The van der Waals surface area contributed by atoms with Crippen molar-refractivity contribution in [2.24, 2.45) is 5.73 Å². The molecule has 0 saturated carbocycles. The van der Waals surface area contributed by atoms with Gasteiger partial charge in [0.25, 0.3) is 0 Å². The van der Waals surface area contributed by atoms with E-state index in [0.717, 1.165) is 33.8 Å². The van der Waals surface area contributed by atoms with Gasteiger partial charge >= 0.3 is 0 Å². The highest BCUT2D eigenvalue weighted by Crippen LogP contribution is 2.45. The summed E-state index contributed by atoms with van der Waals surface area (Å²) in [7, 11) is 0. The summed E-state index contributed by atoms with van der Waals surface area (Å²) < 4.78 is 5.70. The summed E-state index contributed by atoms with van der Waals surface area (Å²) in [5.74, 6) is 1.07. The molecule has 6 heteroatoms. The third kappa shape index (κ3) is 4.23. The molecule has 31 heavy (non-hydrogen) atoms. The summed E-state index contributed by atoms with van der Waals surface area (Å²) in [6, 6.07) is 14.2. The summed E-state index contributed by atoms with van der Waals surface area (Å²) >= 11 is 7.72. The summed E-state index contributed by atoms with van der Waals surface area (Å²) in [5.41, 5.74) is 11.3. The van der Waals surface area contributed by atoms with E-state index in [-0.39, 0.29) is 11.7 Å². The number of allylic oxidation sites excluding steroid dienone is 3. The number of carbonyl (C=O) groups is 1. The molecule has 0 spiro atoms. The first-order chi connectivity index (χ1) is 14.9. The number of hydrogen-bond donors (Lipinski definition) is 1. The molecule has 2 N–H and O–H groups in total. The first-order valence-corrected chi connectivity index (χ1v) is 11.6. The first kappa shape index (κ1) is 21.5. The molecule has 2 aromatic carbocycles. The SMILES string of the molecule is Cc1cc(C)c(C2C(C#N)=C(N)OC3=C2C(=O)CCC3)cc1CSc1ccc(Cl)cc1. The van der Waals surface area contributed by atoms with Gasteiger partial charge in [-0.25, -0.2) is 0 Å². The molecule has 1 aliphatic heterocycles. The van der Waals surface area contributed by atoms with Gasteiger partial charge in [0.15, 0.2) is 5.78 Å². The molecule has 0 amide bonds. The van der Waals surface area contributed by atoms with E-state index in [1.807, 2.05) is 31.2 Å². The fraction of sp³-hybridized carbons (Fsp3) is 0.280. The number of carbonyl (C=O) groups excluding carboxylic acids is 1. The Hall–Kier alpha value is -2.68. The van der Waals surface area contributed by atoms with Crippen LogP contribution in [0.5, 0.6) is 0 Å². The second kappa shape index (κ2) is 8.82. The third-order valence-corrected chi connectivity index (χ3v) is 7.16. The minimum Gasteiger partial charge on any atom is -0.444 e. The van der Waals surface area contributed by atoms with Gasteiger partial charge in [0, 0.05) is 34.1 Å². The Morgan fingerprint density at radius 3 is 2.65 bits per heavy atom. The average molecular weight is 451 g/mol. The summed E-state index contributed by atoms with van der Waals surface area (Å²) in [4.78, 5) is 14.0. The molecule has 0 bridgehead atoms. The summed E-state index contributed by atoms with van der Waals surface area (Å²) in [5, 5.41) is 10.6. The number of nitriles is 1. The molecule has 1 unspecified atom stereocenters. The van der Waals surface area contributed by atoms with Crippen LogP contribution in [0.4, 0.5) is 0 Å². The van der Waals surface area contributed by atoms with Crippen molar-refractivity contribution in [1.29, 1.82) is 5.26 Å². The molecule has 158 valence electrons. The molecule has 4 nitrogen and oxygen atoms in total. The van der Waals surface area contributed by atoms with Crippen LogP contribution >= 0.6 is 23.4 Å². The van der Waals surface area contributed by atoms with Gasteiger partial charge in [-0.1, -0.05) is 23.7 Å².